The van der Waals surface area contributed by atoms with Crippen LogP contribution < -0.4 is 10.6 Å². The van der Waals surface area contributed by atoms with Crippen LogP contribution in [0.2, 0.25) is 0 Å². The SMILES string of the molecule is CC(=O)Nc1ccc(COC(=O)Nc2ncc(-c3noc(C(F)(F)F)n3)cc2C)cn1. The molecule has 0 aliphatic rings. The summed E-state index contributed by atoms with van der Waals surface area (Å²) in [5, 5.41) is 8.23. The third-order valence-corrected chi connectivity index (χ3v) is 3.72. The smallest absolute Gasteiger partial charge is 0.444 e. The molecule has 0 spiro atoms. The first-order valence-corrected chi connectivity index (χ1v) is 8.66. The van der Waals surface area contributed by atoms with E-state index in [1.807, 2.05) is 0 Å². The third-order valence-electron chi connectivity index (χ3n) is 3.72. The number of aryl methyl sites for hydroxylation is 1. The van der Waals surface area contributed by atoms with E-state index in [9.17, 15) is 22.8 Å². The number of carbonyl (C=O) groups excluding carboxylic acids is 2. The Labute approximate surface area is 172 Å². The molecule has 2 amide bonds. The first-order valence-electron chi connectivity index (χ1n) is 8.66. The highest BCUT2D eigenvalue weighted by atomic mass is 19.4. The molecule has 0 aliphatic heterocycles. The summed E-state index contributed by atoms with van der Waals surface area (Å²) in [6.45, 7) is 2.86. The Kier molecular flexibility index (Phi) is 6.13. The van der Waals surface area contributed by atoms with E-state index >= 15 is 0 Å². The molecule has 3 rings (SSSR count). The van der Waals surface area contributed by atoms with Crippen LogP contribution in [-0.2, 0) is 22.3 Å². The minimum atomic E-state index is -4.75. The zero-order chi connectivity index (χ0) is 22.6. The molecule has 0 unspecified atom stereocenters. The Morgan fingerprint density at radius 1 is 1.16 bits per heavy atom. The number of halogens is 3. The highest BCUT2D eigenvalue weighted by Crippen LogP contribution is 2.29. The summed E-state index contributed by atoms with van der Waals surface area (Å²) in [5.74, 6) is -1.50. The zero-order valence-electron chi connectivity index (χ0n) is 16.1. The van der Waals surface area contributed by atoms with Gasteiger partial charge >= 0.3 is 18.2 Å². The predicted molar refractivity (Wildman–Crippen MR) is 99.6 cm³/mol. The lowest BCUT2D eigenvalue weighted by Crippen LogP contribution is -2.15. The second kappa shape index (κ2) is 8.77. The van der Waals surface area contributed by atoms with E-state index in [0.717, 1.165) is 0 Å². The highest BCUT2D eigenvalue weighted by Gasteiger charge is 2.38. The quantitative estimate of drug-likeness (QED) is 0.621. The molecule has 0 fully saturated rings. The van der Waals surface area contributed by atoms with Crippen molar-refractivity contribution in [3.05, 3.63) is 47.6 Å². The van der Waals surface area contributed by atoms with Crippen molar-refractivity contribution < 1.29 is 32.0 Å². The van der Waals surface area contributed by atoms with E-state index in [1.54, 1.807) is 19.1 Å². The monoisotopic (exact) mass is 436 g/mol. The average Bonchev–Trinajstić information content (AvgIpc) is 3.19. The van der Waals surface area contributed by atoms with Gasteiger partial charge in [-0.25, -0.2) is 14.8 Å². The Morgan fingerprint density at radius 3 is 2.52 bits per heavy atom. The van der Waals surface area contributed by atoms with Crippen LogP contribution >= 0.6 is 0 Å². The van der Waals surface area contributed by atoms with Crippen LogP contribution in [0.15, 0.2) is 35.1 Å². The standard InChI is InChI=1S/C18H15F3N6O4/c1-9-5-12(15-25-16(31-27-15)18(19,20)21)7-23-14(9)26-17(29)30-8-11-3-4-13(22-6-11)24-10(2)28/h3-7H,8H2,1-2H3,(H,22,24,28)(H,23,26,29). The largest absolute Gasteiger partial charge is 0.471 e. The molecule has 0 saturated heterocycles. The van der Waals surface area contributed by atoms with Crippen molar-refractivity contribution in [2.24, 2.45) is 0 Å². The number of ether oxygens (including phenoxy) is 1. The summed E-state index contributed by atoms with van der Waals surface area (Å²) < 4.78 is 47.0. The number of pyridine rings is 2. The number of hydrogen-bond donors (Lipinski definition) is 2. The van der Waals surface area contributed by atoms with Gasteiger partial charge in [0, 0.05) is 30.4 Å². The molecule has 10 nitrogen and oxygen atoms in total. The van der Waals surface area contributed by atoms with Gasteiger partial charge in [-0.15, -0.1) is 0 Å². The van der Waals surface area contributed by atoms with Crippen LogP contribution in [0.25, 0.3) is 11.4 Å². The van der Waals surface area contributed by atoms with Crippen molar-refractivity contribution in [1.29, 1.82) is 0 Å². The van der Waals surface area contributed by atoms with Crippen LogP contribution in [0.1, 0.15) is 23.9 Å². The van der Waals surface area contributed by atoms with E-state index in [1.165, 1.54) is 25.4 Å². The van der Waals surface area contributed by atoms with Gasteiger partial charge in [-0.1, -0.05) is 11.2 Å². The van der Waals surface area contributed by atoms with E-state index in [0.29, 0.717) is 16.9 Å². The average molecular weight is 436 g/mol. The fourth-order valence-corrected chi connectivity index (χ4v) is 2.33. The minimum absolute atomic E-state index is 0.0839. The molecule has 0 saturated carbocycles. The molecule has 2 N–H and O–H groups in total. The van der Waals surface area contributed by atoms with E-state index in [2.05, 4.69) is 35.3 Å². The Balaban J connectivity index is 1.59. The van der Waals surface area contributed by atoms with Crippen molar-refractivity contribution in [1.82, 2.24) is 20.1 Å². The van der Waals surface area contributed by atoms with Gasteiger partial charge in [0.05, 0.1) is 0 Å². The Morgan fingerprint density at radius 2 is 1.94 bits per heavy atom. The van der Waals surface area contributed by atoms with Gasteiger partial charge in [-0.2, -0.15) is 18.2 Å². The zero-order valence-corrected chi connectivity index (χ0v) is 16.1. The van der Waals surface area contributed by atoms with Crippen LogP contribution in [0.3, 0.4) is 0 Å². The fraction of sp³-hybridized carbons (Fsp3) is 0.222. The summed E-state index contributed by atoms with van der Waals surface area (Å²) in [6.07, 6.45) is -2.92. The molecule has 3 aromatic rings. The van der Waals surface area contributed by atoms with Crippen LogP contribution in [-0.4, -0.2) is 32.1 Å². The summed E-state index contributed by atoms with van der Waals surface area (Å²) >= 11 is 0. The lowest BCUT2D eigenvalue weighted by atomic mass is 10.2. The molecule has 3 aromatic heterocycles. The molecule has 0 aliphatic carbocycles. The molecular weight excluding hydrogens is 421 g/mol. The molecule has 31 heavy (non-hydrogen) atoms. The van der Waals surface area contributed by atoms with Crippen LogP contribution in [0, 0.1) is 6.92 Å². The summed E-state index contributed by atoms with van der Waals surface area (Å²) in [6, 6.07) is 4.63. The van der Waals surface area contributed by atoms with Crippen LogP contribution in [0.5, 0.6) is 0 Å². The second-order valence-corrected chi connectivity index (χ2v) is 6.24. The molecule has 162 valence electrons. The maximum Gasteiger partial charge on any atom is 0.471 e. The number of hydrogen-bond acceptors (Lipinski definition) is 8. The topological polar surface area (TPSA) is 132 Å². The number of nitrogens with one attached hydrogen (secondary N) is 2. The second-order valence-electron chi connectivity index (χ2n) is 6.24. The predicted octanol–water partition coefficient (Wildman–Crippen LogP) is 3.56. The lowest BCUT2D eigenvalue weighted by molar-refractivity contribution is -0.159. The normalized spacial score (nSPS) is 11.1. The molecule has 0 atom stereocenters. The first kappa shape index (κ1) is 21.7. The molecule has 0 radical (unpaired) electrons. The summed E-state index contributed by atoms with van der Waals surface area (Å²) in [5.41, 5.74) is 1.21. The van der Waals surface area contributed by atoms with Gasteiger partial charge in [-0.3, -0.25) is 10.1 Å². The molecule has 0 bridgehead atoms. The van der Waals surface area contributed by atoms with Gasteiger partial charge in [0.1, 0.15) is 18.2 Å². The molecular formula is C18H15F3N6O4. The highest BCUT2D eigenvalue weighted by molar-refractivity contribution is 5.87. The number of carbonyl (C=O) groups is 2. The van der Waals surface area contributed by atoms with Crippen molar-refractivity contribution in [3.63, 3.8) is 0 Å². The molecule has 3 heterocycles. The van der Waals surface area contributed by atoms with Crippen LogP contribution in [0.4, 0.5) is 29.6 Å². The number of aromatic nitrogens is 4. The third kappa shape index (κ3) is 5.74. The minimum Gasteiger partial charge on any atom is -0.444 e. The van der Waals surface area contributed by atoms with Crippen molar-refractivity contribution in [3.8, 4) is 11.4 Å². The van der Waals surface area contributed by atoms with Gasteiger partial charge < -0.3 is 14.6 Å². The Hall–Kier alpha value is -4.03. The van der Waals surface area contributed by atoms with Gasteiger partial charge in [0.15, 0.2) is 0 Å². The Bertz CT molecular complexity index is 1100. The lowest BCUT2D eigenvalue weighted by Gasteiger charge is -2.09. The van der Waals surface area contributed by atoms with Gasteiger partial charge in [0.25, 0.3) is 0 Å². The van der Waals surface area contributed by atoms with Crippen molar-refractivity contribution in [2.45, 2.75) is 26.6 Å². The number of amides is 2. The van der Waals surface area contributed by atoms with Crippen molar-refractivity contribution >= 4 is 23.6 Å². The molecule has 0 aromatic carbocycles. The van der Waals surface area contributed by atoms with E-state index in [-0.39, 0.29) is 29.7 Å². The summed E-state index contributed by atoms with van der Waals surface area (Å²) in [7, 11) is 0. The number of anilines is 2. The maximum atomic E-state index is 12.6. The summed E-state index contributed by atoms with van der Waals surface area (Å²) in [4.78, 5) is 34.3. The molecule has 13 heteroatoms. The number of alkyl halides is 3. The van der Waals surface area contributed by atoms with Crippen molar-refractivity contribution in [2.75, 3.05) is 10.6 Å². The maximum absolute atomic E-state index is 12.6. The number of rotatable bonds is 5. The van der Waals surface area contributed by atoms with E-state index < -0.39 is 18.2 Å². The van der Waals surface area contributed by atoms with Gasteiger partial charge in [-0.05, 0) is 24.6 Å². The van der Waals surface area contributed by atoms with Gasteiger partial charge in [0.2, 0.25) is 11.7 Å². The fourth-order valence-electron chi connectivity index (χ4n) is 2.33. The van der Waals surface area contributed by atoms with E-state index in [4.69, 9.17) is 4.74 Å². The first-order chi connectivity index (χ1) is 14.6. The number of nitrogens with zero attached hydrogens (tertiary/aromatic N) is 4.